The van der Waals surface area contributed by atoms with Crippen molar-refractivity contribution in [3.05, 3.63) is 151 Å². The van der Waals surface area contributed by atoms with E-state index in [9.17, 15) is 0 Å². The monoisotopic (exact) mass is 552 g/mol. The van der Waals surface area contributed by atoms with Crippen LogP contribution in [0.5, 0.6) is 0 Å². The minimum absolute atomic E-state index is 0.908. The number of benzene rings is 6. The fourth-order valence-corrected chi connectivity index (χ4v) is 6.84. The molecule has 0 spiro atoms. The van der Waals surface area contributed by atoms with Gasteiger partial charge in [0.25, 0.3) is 0 Å². The second-order valence-electron chi connectivity index (χ2n) is 11.3. The van der Waals surface area contributed by atoms with Gasteiger partial charge in [-0.3, -0.25) is 0 Å². The van der Waals surface area contributed by atoms with E-state index >= 15 is 0 Å². The molecule has 1 aliphatic carbocycles. The summed E-state index contributed by atoms with van der Waals surface area (Å²) in [6.45, 7) is 2.19. The zero-order valence-electron chi connectivity index (χ0n) is 24.3. The largest absolute Gasteiger partial charge is 0.300 e. The van der Waals surface area contributed by atoms with Crippen molar-refractivity contribution in [1.29, 1.82) is 0 Å². The van der Waals surface area contributed by atoms with Gasteiger partial charge in [0.1, 0.15) is 5.82 Å². The second kappa shape index (κ2) is 10.6. The summed E-state index contributed by atoms with van der Waals surface area (Å²) in [6, 6.07) is 46.5. The number of hydrogen-bond donors (Lipinski definition) is 0. The lowest BCUT2D eigenvalue weighted by Crippen LogP contribution is -2.06. The lowest BCUT2D eigenvalue weighted by molar-refractivity contribution is 0.825. The first-order chi connectivity index (χ1) is 21.3. The molecule has 0 aliphatic heterocycles. The SMILES string of the molecule is CCc1nc2c(n1-c1ccc(-c3c4ccccc4c(-c4ccc(-c5ccccc5)cc4)c4ccccc34)cc1)CCC=C2. The molecule has 7 aromatic rings. The lowest BCUT2D eigenvalue weighted by atomic mass is 9.85. The average Bonchev–Trinajstić information content (AvgIpc) is 3.47. The average molecular weight is 553 g/mol. The highest BCUT2D eigenvalue weighted by Gasteiger charge is 2.19. The van der Waals surface area contributed by atoms with Crippen LogP contribution in [-0.4, -0.2) is 9.55 Å². The molecule has 0 unspecified atom stereocenters. The fourth-order valence-electron chi connectivity index (χ4n) is 6.84. The molecule has 0 fully saturated rings. The Balaban J connectivity index is 1.29. The van der Waals surface area contributed by atoms with Gasteiger partial charge in [0.05, 0.1) is 11.4 Å². The lowest BCUT2D eigenvalue weighted by Gasteiger charge is -2.18. The molecule has 1 heterocycles. The van der Waals surface area contributed by atoms with Gasteiger partial charge in [-0.05, 0) is 86.0 Å². The Hall–Kier alpha value is -5.21. The molecule has 43 heavy (non-hydrogen) atoms. The summed E-state index contributed by atoms with van der Waals surface area (Å²) in [5, 5.41) is 5.10. The van der Waals surface area contributed by atoms with Gasteiger partial charge in [-0.1, -0.05) is 128 Å². The van der Waals surface area contributed by atoms with Crippen LogP contribution in [0.1, 0.15) is 30.6 Å². The van der Waals surface area contributed by atoms with E-state index < -0.39 is 0 Å². The predicted octanol–water partition coefficient (Wildman–Crippen LogP) is 10.7. The molecule has 0 N–H and O–H groups in total. The van der Waals surface area contributed by atoms with Crippen molar-refractivity contribution in [2.45, 2.75) is 26.2 Å². The van der Waals surface area contributed by atoms with Crippen molar-refractivity contribution >= 4 is 27.6 Å². The number of aromatic nitrogens is 2. The number of imidazole rings is 1. The highest BCUT2D eigenvalue weighted by Crippen LogP contribution is 2.44. The smallest absolute Gasteiger partial charge is 0.113 e. The normalized spacial score (nSPS) is 12.6. The van der Waals surface area contributed by atoms with Crippen molar-refractivity contribution < 1.29 is 0 Å². The van der Waals surface area contributed by atoms with Crippen LogP contribution in [0, 0.1) is 0 Å². The summed E-state index contributed by atoms with van der Waals surface area (Å²) in [4.78, 5) is 4.95. The Kier molecular flexibility index (Phi) is 6.26. The molecule has 0 saturated carbocycles. The van der Waals surface area contributed by atoms with Gasteiger partial charge in [0.15, 0.2) is 0 Å². The molecule has 0 saturated heterocycles. The third kappa shape index (κ3) is 4.30. The first kappa shape index (κ1) is 25.5. The van der Waals surface area contributed by atoms with Crippen LogP contribution in [0.25, 0.3) is 66.7 Å². The summed E-state index contributed by atoms with van der Waals surface area (Å²) in [6.07, 6.45) is 7.42. The minimum Gasteiger partial charge on any atom is -0.300 e. The van der Waals surface area contributed by atoms with Crippen molar-refractivity contribution in [1.82, 2.24) is 9.55 Å². The standard InChI is InChI=1S/C41H32N2/c1-2-39-42-37-18-10-11-19-38(37)43(39)32-26-24-31(25-27-32)41-35-16-8-6-14-33(35)40(34-15-7-9-17-36(34)41)30-22-20-29(21-23-30)28-12-4-3-5-13-28/h3-10,12-18,20-27H,2,11,19H2,1H3. The number of hydrogen-bond acceptors (Lipinski definition) is 1. The molecule has 0 atom stereocenters. The van der Waals surface area contributed by atoms with Crippen LogP contribution in [0.4, 0.5) is 0 Å². The van der Waals surface area contributed by atoms with E-state index in [0.717, 1.165) is 30.8 Å². The van der Waals surface area contributed by atoms with E-state index in [0.29, 0.717) is 0 Å². The summed E-state index contributed by atoms with van der Waals surface area (Å²) in [5.41, 5.74) is 11.1. The molecular weight excluding hydrogens is 520 g/mol. The van der Waals surface area contributed by atoms with Crippen LogP contribution in [-0.2, 0) is 12.8 Å². The first-order valence-corrected chi connectivity index (χ1v) is 15.3. The van der Waals surface area contributed by atoms with Crippen LogP contribution >= 0.6 is 0 Å². The van der Waals surface area contributed by atoms with Gasteiger partial charge < -0.3 is 4.57 Å². The molecular formula is C41H32N2. The zero-order chi connectivity index (χ0) is 28.8. The Morgan fingerprint density at radius 3 is 1.60 bits per heavy atom. The van der Waals surface area contributed by atoms with Gasteiger partial charge in [0, 0.05) is 12.1 Å². The van der Waals surface area contributed by atoms with Gasteiger partial charge in [-0.15, -0.1) is 0 Å². The summed E-state index contributed by atoms with van der Waals surface area (Å²) in [7, 11) is 0. The molecule has 1 aromatic heterocycles. The van der Waals surface area contributed by atoms with Gasteiger partial charge in [-0.25, -0.2) is 4.98 Å². The topological polar surface area (TPSA) is 17.8 Å². The first-order valence-electron chi connectivity index (χ1n) is 15.3. The van der Waals surface area contributed by atoms with Crippen molar-refractivity contribution in [3.8, 4) is 39.1 Å². The summed E-state index contributed by atoms with van der Waals surface area (Å²) < 4.78 is 2.38. The quantitative estimate of drug-likeness (QED) is 0.194. The number of fused-ring (bicyclic) bond motifs is 3. The zero-order valence-corrected chi connectivity index (χ0v) is 24.3. The van der Waals surface area contributed by atoms with Crippen molar-refractivity contribution in [2.75, 3.05) is 0 Å². The van der Waals surface area contributed by atoms with Crippen LogP contribution in [0.3, 0.4) is 0 Å². The Morgan fingerprint density at radius 1 is 0.558 bits per heavy atom. The minimum atomic E-state index is 0.908. The number of allylic oxidation sites excluding steroid dienone is 1. The number of aryl methyl sites for hydroxylation is 1. The Labute approximate surface area is 252 Å². The maximum atomic E-state index is 4.95. The van der Waals surface area contributed by atoms with Crippen LogP contribution in [0.2, 0.25) is 0 Å². The molecule has 2 nitrogen and oxygen atoms in total. The number of rotatable bonds is 5. The van der Waals surface area contributed by atoms with Gasteiger partial charge in [0.2, 0.25) is 0 Å². The van der Waals surface area contributed by atoms with Crippen molar-refractivity contribution in [3.63, 3.8) is 0 Å². The van der Waals surface area contributed by atoms with Gasteiger partial charge in [-0.2, -0.15) is 0 Å². The molecule has 0 radical (unpaired) electrons. The number of nitrogens with zero attached hydrogens (tertiary/aromatic N) is 2. The Morgan fingerprint density at radius 2 is 1.05 bits per heavy atom. The summed E-state index contributed by atoms with van der Waals surface area (Å²) >= 11 is 0. The van der Waals surface area contributed by atoms with Crippen molar-refractivity contribution in [2.24, 2.45) is 0 Å². The maximum absolute atomic E-state index is 4.95. The molecule has 6 aromatic carbocycles. The van der Waals surface area contributed by atoms with E-state index in [1.807, 2.05) is 0 Å². The van der Waals surface area contributed by atoms with Gasteiger partial charge >= 0.3 is 0 Å². The molecule has 206 valence electrons. The molecule has 0 amide bonds. The Bertz CT molecular complexity index is 2070. The molecule has 8 rings (SSSR count). The maximum Gasteiger partial charge on any atom is 0.113 e. The fraction of sp³-hybridized carbons (Fsp3) is 0.0976. The summed E-state index contributed by atoms with van der Waals surface area (Å²) in [5.74, 6) is 1.13. The van der Waals surface area contributed by atoms with E-state index in [1.54, 1.807) is 0 Å². The second-order valence-corrected chi connectivity index (χ2v) is 11.3. The molecule has 2 heteroatoms. The predicted molar refractivity (Wildman–Crippen MR) is 182 cm³/mol. The highest BCUT2D eigenvalue weighted by atomic mass is 15.1. The molecule has 0 bridgehead atoms. The van der Waals surface area contributed by atoms with Crippen LogP contribution < -0.4 is 0 Å². The molecule has 1 aliphatic rings. The highest BCUT2D eigenvalue weighted by molar-refractivity contribution is 6.21. The van der Waals surface area contributed by atoms with Crippen LogP contribution in [0.15, 0.2) is 133 Å². The van der Waals surface area contributed by atoms with E-state index in [2.05, 4.69) is 151 Å². The third-order valence-corrected chi connectivity index (χ3v) is 8.84. The van der Waals surface area contributed by atoms with E-state index in [-0.39, 0.29) is 0 Å². The third-order valence-electron chi connectivity index (χ3n) is 8.84. The van der Waals surface area contributed by atoms with E-state index in [4.69, 9.17) is 4.98 Å². The van der Waals surface area contributed by atoms with E-state index in [1.165, 1.54) is 66.3 Å².